The first-order valence-corrected chi connectivity index (χ1v) is 7.26. The van der Waals surface area contributed by atoms with Crippen LogP contribution < -0.4 is 5.32 Å². The quantitative estimate of drug-likeness (QED) is 0.771. The predicted molar refractivity (Wildman–Crippen MR) is 81.0 cm³/mol. The molecule has 1 unspecified atom stereocenters. The van der Waals surface area contributed by atoms with Gasteiger partial charge in [0.2, 0.25) is 0 Å². The van der Waals surface area contributed by atoms with Gasteiger partial charge >= 0.3 is 0 Å². The summed E-state index contributed by atoms with van der Waals surface area (Å²) in [7, 11) is 0. The molecule has 0 amide bonds. The van der Waals surface area contributed by atoms with Crippen molar-refractivity contribution in [1.82, 2.24) is 5.32 Å². The van der Waals surface area contributed by atoms with E-state index in [1.54, 1.807) is 0 Å². The summed E-state index contributed by atoms with van der Waals surface area (Å²) in [5.41, 5.74) is 3.04. The summed E-state index contributed by atoms with van der Waals surface area (Å²) >= 11 is 0. The largest absolute Gasteiger partial charge is 0.310 e. The highest BCUT2D eigenvalue weighted by Crippen LogP contribution is 2.22. The third-order valence-electron chi connectivity index (χ3n) is 3.47. The minimum Gasteiger partial charge on any atom is -0.310 e. The molecule has 0 aromatic heterocycles. The molecule has 1 atom stereocenters. The zero-order chi connectivity index (χ0) is 13.6. The maximum absolute atomic E-state index is 3.59. The fourth-order valence-electron chi connectivity index (χ4n) is 2.03. The third-order valence-corrected chi connectivity index (χ3v) is 3.47. The molecule has 0 saturated heterocycles. The van der Waals surface area contributed by atoms with Crippen LogP contribution in [0.15, 0.2) is 24.3 Å². The Kier molecular flexibility index (Phi) is 5.87. The molecule has 1 N–H and O–H groups in total. The van der Waals surface area contributed by atoms with Gasteiger partial charge in [-0.05, 0) is 29.9 Å². The van der Waals surface area contributed by atoms with Crippen molar-refractivity contribution in [2.45, 2.75) is 71.9 Å². The average molecular weight is 247 g/mol. The molecule has 18 heavy (non-hydrogen) atoms. The van der Waals surface area contributed by atoms with Crippen molar-refractivity contribution in [2.75, 3.05) is 0 Å². The Morgan fingerprint density at radius 3 is 2.22 bits per heavy atom. The van der Waals surface area contributed by atoms with Gasteiger partial charge in [-0.1, -0.05) is 64.8 Å². The summed E-state index contributed by atoms with van der Waals surface area (Å²) in [6, 6.07) is 9.63. The van der Waals surface area contributed by atoms with Crippen molar-refractivity contribution in [3.05, 3.63) is 35.4 Å². The van der Waals surface area contributed by atoms with E-state index < -0.39 is 0 Å². The van der Waals surface area contributed by atoms with Crippen molar-refractivity contribution in [2.24, 2.45) is 0 Å². The molecular weight excluding hydrogens is 218 g/mol. The van der Waals surface area contributed by atoms with E-state index in [0.29, 0.717) is 6.04 Å². The molecule has 1 aromatic carbocycles. The molecule has 0 heterocycles. The Morgan fingerprint density at radius 2 is 1.72 bits per heavy atom. The van der Waals surface area contributed by atoms with Crippen LogP contribution in [0.1, 0.15) is 65.0 Å². The molecule has 0 radical (unpaired) electrons. The number of unbranched alkanes of at least 4 members (excludes halogenated alkanes) is 1. The molecule has 1 aromatic rings. The Balaban J connectivity index is 2.44. The molecule has 0 aliphatic carbocycles. The average Bonchev–Trinajstić information content (AvgIpc) is 2.33. The van der Waals surface area contributed by atoms with Gasteiger partial charge in [-0.2, -0.15) is 0 Å². The van der Waals surface area contributed by atoms with Crippen LogP contribution in [0.3, 0.4) is 0 Å². The van der Waals surface area contributed by atoms with E-state index >= 15 is 0 Å². The van der Waals surface area contributed by atoms with Crippen molar-refractivity contribution >= 4 is 0 Å². The van der Waals surface area contributed by atoms with Gasteiger partial charge in [0.1, 0.15) is 0 Å². The van der Waals surface area contributed by atoms with Crippen LogP contribution >= 0.6 is 0 Å². The Hall–Kier alpha value is -0.820. The highest BCUT2D eigenvalue weighted by Gasteiger charge is 2.12. The zero-order valence-electron chi connectivity index (χ0n) is 12.7. The van der Waals surface area contributed by atoms with Crippen molar-refractivity contribution in [3.63, 3.8) is 0 Å². The molecular formula is C17H29N. The zero-order valence-corrected chi connectivity index (χ0v) is 12.7. The Bertz CT molecular complexity index is 332. The molecule has 102 valence electrons. The third kappa shape index (κ3) is 5.22. The second kappa shape index (κ2) is 6.94. The molecule has 0 bridgehead atoms. The highest BCUT2D eigenvalue weighted by molar-refractivity contribution is 5.27. The molecule has 0 aliphatic heterocycles. The van der Waals surface area contributed by atoms with E-state index in [1.165, 1.54) is 30.4 Å². The van der Waals surface area contributed by atoms with Crippen LogP contribution in [0.5, 0.6) is 0 Å². The topological polar surface area (TPSA) is 12.0 Å². The first-order chi connectivity index (χ1) is 8.43. The monoisotopic (exact) mass is 247 g/mol. The smallest absolute Gasteiger partial charge is 0.0207 e. The van der Waals surface area contributed by atoms with Crippen LogP contribution in [0, 0.1) is 0 Å². The number of hydrogen-bond acceptors (Lipinski definition) is 1. The van der Waals surface area contributed by atoms with Gasteiger partial charge in [0, 0.05) is 12.6 Å². The molecule has 0 fully saturated rings. The maximum atomic E-state index is 3.59. The maximum Gasteiger partial charge on any atom is 0.0207 e. The summed E-state index contributed by atoms with van der Waals surface area (Å²) in [6.07, 6.45) is 3.88. The van der Waals surface area contributed by atoms with Crippen LogP contribution in [0.2, 0.25) is 0 Å². The predicted octanol–water partition coefficient (Wildman–Crippen LogP) is 4.65. The molecule has 0 aliphatic rings. The first kappa shape index (κ1) is 15.2. The minimum atomic E-state index is 0.250. The van der Waals surface area contributed by atoms with E-state index in [0.717, 1.165) is 6.54 Å². The normalized spacial score (nSPS) is 13.6. The molecule has 1 rings (SSSR count). The summed E-state index contributed by atoms with van der Waals surface area (Å²) in [5.74, 6) is 0. The number of hydrogen-bond donors (Lipinski definition) is 1. The van der Waals surface area contributed by atoms with Crippen LogP contribution in [-0.2, 0) is 12.0 Å². The summed E-state index contributed by atoms with van der Waals surface area (Å²) in [5, 5.41) is 3.59. The fraction of sp³-hybridized carbons (Fsp3) is 0.647. The summed E-state index contributed by atoms with van der Waals surface area (Å²) in [6.45, 7) is 12.3. The van der Waals surface area contributed by atoms with Crippen LogP contribution in [0.4, 0.5) is 0 Å². The van der Waals surface area contributed by atoms with Crippen LogP contribution in [-0.4, -0.2) is 6.04 Å². The first-order valence-electron chi connectivity index (χ1n) is 7.26. The minimum absolute atomic E-state index is 0.250. The SMILES string of the molecule is CCCCC(C)NCc1ccc(C(C)(C)C)cc1. The standard InChI is InChI=1S/C17H29N/c1-6-7-8-14(2)18-13-15-9-11-16(12-10-15)17(3,4)5/h9-12,14,18H,6-8,13H2,1-5H3. The van der Waals surface area contributed by atoms with Crippen molar-refractivity contribution < 1.29 is 0 Å². The lowest BCUT2D eigenvalue weighted by Crippen LogP contribution is -2.25. The van der Waals surface area contributed by atoms with E-state index in [2.05, 4.69) is 64.2 Å². The van der Waals surface area contributed by atoms with Gasteiger partial charge in [-0.15, -0.1) is 0 Å². The molecule has 1 heteroatoms. The van der Waals surface area contributed by atoms with Crippen molar-refractivity contribution in [1.29, 1.82) is 0 Å². The Morgan fingerprint density at radius 1 is 1.11 bits per heavy atom. The van der Waals surface area contributed by atoms with E-state index in [4.69, 9.17) is 0 Å². The van der Waals surface area contributed by atoms with Gasteiger partial charge in [0.25, 0.3) is 0 Å². The summed E-state index contributed by atoms with van der Waals surface area (Å²) in [4.78, 5) is 0. The molecule has 0 spiro atoms. The second-order valence-electron chi connectivity index (χ2n) is 6.37. The van der Waals surface area contributed by atoms with Gasteiger partial charge < -0.3 is 5.32 Å². The van der Waals surface area contributed by atoms with E-state index in [-0.39, 0.29) is 5.41 Å². The number of benzene rings is 1. The number of nitrogens with one attached hydrogen (secondary N) is 1. The lowest BCUT2D eigenvalue weighted by molar-refractivity contribution is 0.494. The second-order valence-corrected chi connectivity index (χ2v) is 6.37. The van der Waals surface area contributed by atoms with E-state index in [9.17, 15) is 0 Å². The van der Waals surface area contributed by atoms with E-state index in [1.807, 2.05) is 0 Å². The Labute approximate surface area is 113 Å². The molecule has 1 nitrogen and oxygen atoms in total. The fourth-order valence-corrected chi connectivity index (χ4v) is 2.03. The van der Waals surface area contributed by atoms with Crippen molar-refractivity contribution in [3.8, 4) is 0 Å². The summed E-state index contributed by atoms with van der Waals surface area (Å²) < 4.78 is 0. The van der Waals surface area contributed by atoms with Gasteiger partial charge in [0.05, 0.1) is 0 Å². The van der Waals surface area contributed by atoms with Gasteiger partial charge in [0.15, 0.2) is 0 Å². The van der Waals surface area contributed by atoms with Crippen LogP contribution in [0.25, 0.3) is 0 Å². The lowest BCUT2D eigenvalue weighted by atomic mass is 9.87. The number of rotatable bonds is 6. The van der Waals surface area contributed by atoms with Gasteiger partial charge in [-0.25, -0.2) is 0 Å². The van der Waals surface area contributed by atoms with Gasteiger partial charge in [-0.3, -0.25) is 0 Å². The lowest BCUT2D eigenvalue weighted by Gasteiger charge is -2.19. The molecule has 0 saturated carbocycles. The highest BCUT2D eigenvalue weighted by atomic mass is 14.9.